The second-order valence-electron chi connectivity index (χ2n) is 3.68. The van der Waals surface area contributed by atoms with Gasteiger partial charge in [-0.3, -0.25) is 10.1 Å². The maximum atomic E-state index is 11.2. The van der Waals surface area contributed by atoms with E-state index in [4.69, 9.17) is 4.52 Å². The molecule has 1 fully saturated rings. The summed E-state index contributed by atoms with van der Waals surface area (Å²) in [5, 5.41) is 9.46. The average molecular weight is 210 g/mol. The van der Waals surface area contributed by atoms with Crippen molar-refractivity contribution >= 4 is 5.91 Å². The highest BCUT2D eigenvalue weighted by molar-refractivity contribution is 5.78. The fourth-order valence-corrected chi connectivity index (χ4v) is 1.20. The van der Waals surface area contributed by atoms with Crippen LogP contribution in [0.15, 0.2) is 4.52 Å². The largest absolute Gasteiger partial charge is 0.352 e. The lowest BCUT2D eigenvalue weighted by atomic mass is 10.5. The van der Waals surface area contributed by atoms with Gasteiger partial charge in [-0.15, -0.1) is 0 Å². The third-order valence-corrected chi connectivity index (χ3v) is 2.07. The first-order valence-electron chi connectivity index (χ1n) is 5.03. The van der Waals surface area contributed by atoms with Gasteiger partial charge in [0.05, 0.1) is 13.1 Å². The molecule has 0 spiro atoms. The normalized spacial score (nSPS) is 15.3. The molecule has 0 bridgehead atoms. The molecule has 1 aliphatic carbocycles. The third-order valence-electron chi connectivity index (χ3n) is 2.07. The maximum Gasteiger partial charge on any atom is 0.240 e. The molecule has 82 valence electrons. The van der Waals surface area contributed by atoms with Crippen LogP contribution in [0.1, 0.15) is 24.6 Å². The summed E-state index contributed by atoms with van der Waals surface area (Å²) in [7, 11) is 0. The molecule has 1 aromatic rings. The molecule has 6 heteroatoms. The molecule has 0 aliphatic heterocycles. The van der Waals surface area contributed by atoms with Gasteiger partial charge in [-0.25, -0.2) is 0 Å². The van der Waals surface area contributed by atoms with Gasteiger partial charge in [0.25, 0.3) is 0 Å². The van der Waals surface area contributed by atoms with E-state index in [0.29, 0.717) is 24.3 Å². The van der Waals surface area contributed by atoms with Crippen LogP contribution in [0, 0.1) is 6.92 Å². The predicted molar refractivity (Wildman–Crippen MR) is 51.9 cm³/mol. The molecule has 0 radical (unpaired) electrons. The number of rotatable bonds is 5. The Morgan fingerprint density at radius 3 is 3.00 bits per heavy atom. The molecule has 0 aromatic carbocycles. The fourth-order valence-electron chi connectivity index (χ4n) is 1.20. The lowest BCUT2D eigenvalue weighted by molar-refractivity contribution is -0.120. The number of carbonyl (C=O) groups is 1. The van der Waals surface area contributed by atoms with Gasteiger partial charge in [-0.1, -0.05) is 5.16 Å². The predicted octanol–water partition coefficient (Wildman–Crippen LogP) is -0.254. The molecule has 15 heavy (non-hydrogen) atoms. The van der Waals surface area contributed by atoms with Crippen LogP contribution in [-0.4, -0.2) is 28.6 Å². The molecule has 0 unspecified atom stereocenters. The van der Waals surface area contributed by atoms with Crippen molar-refractivity contribution in [1.29, 1.82) is 0 Å². The summed E-state index contributed by atoms with van der Waals surface area (Å²) >= 11 is 0. The van der Waals surface area contributed by atoms with Crippen LogP contribution >= 0.6 is 0 Å². The minimum Gasteiger partial charge on any atom is -0.352 e. The van der Waals surface area contributed by atoms with Crippen LogP contribution in [0.25, 0.3) is 0 Å². The van der Waals surface area contributed by atoms with Crippen molar-refractivity contribution in [2.24, 2.45) is 0 Å². The molecule has 1 saturated carbocycles. The van der Waals surface area contributed by atoms with Crippen LogP contribution in [0.2, 0.25) is 0 Å². The number of hydrogen-bond donors (Lipinski definition) is 2. The first kappa shape index (κ1) is 10.1. The van der Waals surface area contributed by atoms with E-state index in [2.05, 4.69) is 20.8 Å². The van der Waals surface area contributed by atoms with Crippen LogP contribution in [0.4, 0.5) is 0 Å². The van der Waals surface area contributed by atoms with Crippen molar-refractivity contribution in [1.82, 2.24) is 20.8 Å². The molecule has 1 heterocycles. The SMILES string of the molecule is Cc1noc(CNCC(=O)NC2CC2)n1. The maximum absolute atomic E-state index is 11.2. The van der Waals surface area contributed by atoms with Gasteiger partial charge in [0, 0.05) is 6.04 Å². The quantitative estimate of drug-likeness (QED) is 0.700. The van der Waals surface area contributed by atoms with Gasteiger partial charge in [0.1, 0.15) is 0 Å². The van der Waals surface area contributed by atoms with E-state index in [-0.39, 0.29) is 12.5 Å². The van der Waals surface area contributed by atoms with Crippen molar-refractivity contribution in [3.8, 4) is 0 Å². The molecule has 2 N–H and O–H groups in total. The van der Waals surface area contributed by atoms with Gasteiger partial charge in [0.15, 0.2) is 5.82 Å². The van der Waals surface area contributed by atoms with E-state index in [1.165, 1.54) is 0 Å². The Morgan fingerprint density at radius 1 is 1.60 bits per heavy atom. The zero-order chi connectivity index (χ0) is 10.7. The molecule has 1 amide bonds. The average Bonchev–Trinajstić information content (AvgIpc) is 2.89. The fraction of sp³-hybridized carbons (Fsp3) is 0.667. The Balaban J connectivity index is 1.63. The zero-order valence-electron chi connectivity index (χ0n) is 8.62. The highest BCUT2D eigenvalue weighted by Gasteiger charge is 2.22. The van der Waals surface area contributed by atoms with Crippen LogP contribution < -0.4 is 10.6 Å². The molecule has 2 rings (SSSR count). The lowest BCUT2D eigenvalue weighted by Crippen LogP contribution is -2.34. The Morgan fingerprint density at radius 2 is 2.40 bits per heavy atom. The van der Waals surface area contributed by atoms with Crippen molar-refractivity contribution in [3.63, 3.8) is 0 Å². The number of hydrogen-bond acceptors (Lipinski definition) is 5. The summed E-state index contributed by atoms with van der Waals surface area (Å²) in [6.45, 7) is 2.48. The molecule has 0 atom stereocenters. The van der Waals surface area contributed by atoms with Gasteiger partial charge >= 0.3 is 0 Å². The highest BCUT2D eigenvalue weighted by Crippen LogP contribution is 2.18. The number of nitrogens with one attached hydrogen (secondary N) is 2. The van der Waals surface area contributed by atoms with Gasteiger partial charge in [-0.05, 0) is 19.8 Å². The highest BCUT2D eigenvalue weighted by atomic mass is 16.5. The third kappa shape index (κ3) is 3.32. The molecular formula is C9H14N4O2. The molecular weight excluding hydrogens is 196 g/mol. The molecule has 0 saturated heterocycles. The number of aryl methyl sites for hydroxylation is 1. The second-order valence-corrected chi connectivity index (χ2v) is 3.68. The van der Waals surface area contributed by atoms with Crippen LogP contribution in [0.3, 0.4) is 0 Å². The van der Waals surface area contributed by atoms with E-state index in [1.807, 2.05) is 0 Å². The Kier molecular flexibility index (Phi) is 2.96. The number of amides is 1. The van der Waals surface area contributed by atoms with E-state index in [1.54, 1.807) is 6.92 Å². The minimum atomic E-state index is 0.0220. The Hall–Kier alpha value is -1.43. The van der Waals surface area contributed by atoms with Crippen LogP contribution in [-0.2, 0) is 11.3 Å². The van der Waals surface area contributed by atoms with Crippen molar-refractivity contribution in [2.75, 3.05) is 6.54 Å². The van der Waals surface area contributed by atoms with Crippen LogP contribution in [0.5, 0.6) is 0 Å². The summed E-state index contributed by atoms with van der Waals surface area (Å²) in [4.78, 5) is 15.3. The summed E-state index contributed by atoms with van der Waals surface area (Å²) in [6.07, 6.45) is 2.21. The summed E-state index contributed by atoms with van der Waals surface area (Å²) in [6, 6.07) is 0.407. The zero-order valence-corrected chi connectivity index (χ0v) is 8.62. The number of nitrogens with zero attached hydrogens (tertiary/aromatic N) is 2. The Labute approximate surface area is 87.4 Å². The van der Waals surface area contributed by atoms with Gasteiger partial charge in [-0.2, -0.15) is 4.98 Å². The summed E-state index contributed by atoms with van der Waals surface area (Å²) in [5.41, 5.74) is 0. The molecule has 6 nitrogen and oxygen atoms in total. The smallest absolute Gasteiger partial charge is 0.240 e. The van der Waals surface area contributed by atoms with Crippen molar-refractivity contribution in [3.05, 3.63) is 11.7 Å². The number of aromatic nitrogens is 2. The standard InChI is InChI=1S/C9H14N4O2/c1-6-11-9(15-13-6)5-10-4-8(14)12-7-2-3-7/h7,10H,2-5H2,1H3,(H,12,14). The van der Waals surface area contributed by atoms with E-state index < -0.39 is 0 Å². The molecule has 1 aromatic heterocycles. The summed E-state index contributed by atoms with van der Waals surface area (Å²) in [5.74, 6) is 1.13. The Bertz CT molecular complexity index is 346. The van der Waals surface area contributed by atoms with Crippen molar-refractivity contribution < 1.29 is 9.32 Å². The first-order valence-corrected chi connectivity index (χ1v) is 5.03. The second kappa shape index (κ2) is 4.39. The van der Waals surface area contributed by atoms with Crippen molar-refractivity contribution in [2.45, 2.75) is 32.4 Å². The minimum absolute atomic E-state index is 0.0220. The van der Waals surface area contributed by atoms with E-state index >= 15 is 0 Å². The first-order chi connectivity index (χ1) is 7.24. The van der Waals surface area contributed by atoms with E-state index in [0.717, 1.165) is 12.8 Å². The topological polar surface area (TPSA) is 80.0 Å². The lowest BCUT2D eigenvalue weighted by Gasteiger charge is -2.02. The molecule has 1 aliphatic rings. The monoisotopic (exact) mass is 210 g/mol. The van der Waals surface area contributed by atoms with E-state index in [9.17, 15) is 4.79 Å². The summed E-state index contributed by atoms with van der Waals surface area (Å²) < 4.78 is 4.88. The number of carbonyl (C=O) groups excluding carboxylic acids is 1. The van der Waals surface area contributed by atoms with Gasteiger partial charge < -0.3 is 9.84 Å². The van der Waals surface area contributed by atoms with Gasteiger partial charge in [0.2, 0.25) is 11.8 Å².